The summed E-state index contributed by atoms with van der Waals surface area (Å²) < 4.78 is 10.8. The zero-order chi connectivity index (χ0) is 17.2. The topological polar surface area (TPSA) is 59.9 Å². The maximum absolute atomic E-state index is 12.2. The summed E-state index contributed by atoms with van der Waals surface area (Å²) in [7, 11) is 1.61. The zero-order valence-corrected chi connectivity index (χ0v) is 14.4. The van der Waals surface area contributed by atoms with Gasteiger partial charge < -0.3 is 14.8 Å². The van der Waals surface area contributed by atoms with Gasteiger partial charge in [0.1, 0.15) is 11.5 Å². The number of para-hydroxylation sites is 2. The smallest absolute Gasteiger partial charge is 0.286 e. The highest BCUT2D eigenvalue weighted by atomic mass is 32.2. The Morgan fingerprint density at radius 2 is 2.16 bits per heavy atom. The molecule has 0 fully saturated rings. The van der Waals surface area contributed by atoms with Crippen molar-refractivity contribution in [1.29, 1.82) is 0 Å². The maximum Gasteiger partial charge on any atom is 0.286 e. The van der Waals surface area contributed by atoms with Crippen molar-refractivity contribution in [3.63, 3.8) is 0 Å². The van der Waals surface area contributed by atoms with Gasteiger partial charge in [0.05, 0.1) is 24.3 Å². The summed E-state index contributed by atoms with van der Waals surface area (Å²) in [5, 5.41) is 3.70. The fourth-order valence-electron chi connectivity index (χ4n) is 2.77. The first-order chi connectivity index (χ1) is 12.2. The Hall–Kier alpha value is -2.73. The number of hydrogen-bond acceptors (Lipinski definition) is 5. The summed E-state index contributed by atoms with van der Waals surface area (Å²) in [6, 6.07) is 13.5. The molecule has 0 radical (unpaired) electrons. The van der Waals surface area contributed by atoms with E-state index in [-0.39, 0.29) is 5.91 Å². The number of nitrogens with one attached hydrogen (secondary N) is 1. The number of fused-ring (bicyclic) bond motifs is 1. The number of methoxy groups -OCH3 is 1. The van der Waals surface area contributed by atoms with Gasteiger partial charge in [0, 0.05) is 6.42 Å². The first-order valence-corrected chi connectivity index (χ1v) is 8.73. The standard InChI is InChI=1S/C19H16N2O3S/c1-23-16-5-3-2-4-14(16)20-19-21-18(22)17(25-19)11-12-6-7-15-13(10-12)8-9-24-15/h2-7,10-11H,8-9H2,1H3,(H,20,21,22)/b17-11-. The molecule has 0 saturated heterocycles. The van der Waals surface area contributed by atoms with Gasteiger partial charge in [0.15, 0.2) is 5.17 Å². The minimum absolute atomic E-state index is 0.237. The fraction of sp³-hybridized carbons (Fsp3) is 0.158. The number of nitrogens with zero attached hydrogens (tertiary/aromatic N) is 1. The minimum atomic E-state index is -0.237. The van der Waals surface area contributed by atoms with Crippen LogP contribution >= 0.6 is 11.8 Å². The summed E-state index contributed by atoms with van der Waals surface area (Å²) in [6.45, 7) is 0.721. The average molecular weight is 352 g/mol. The van der Waals surface area contributed by atoms with Crippen molar-refractivity contribution in [3.8, 4) is 11.5 Å². The molecule has 0 saturated carbocycles. The Morgan fingerprint density at radius 1 is 1.28 bits per heavy atom. The lowest BCUT2D eigenvalue weighted by molar-refractivity contribution is -0.113. The van der Waals surface area contributed by atoms with Crippen LogP contribution in [0.3, 0.4) is 0 Å². The largest absolute Gasteiger partial charge is 0.495 e. The van der Waals surface area contributed by atoms with Crippen LogP contribution in [-0.4, -0.2) is 24.8 Å². The lowest BCUT2D eigenvalue weighted by atomic mass is 10.1. The monoisotopic (exact) mass is 352 g/mol. The van der Waals surface area contributed by atoms with Crippen molar-refractivity contribution < 1.29 is 14.3 Å². The van der Waals surface area contributed by atoms with Gasteiger partial charge in [-0.25, -0.2) is 0 Å². The van der Waals surface area contributed by atoms with Gasteiger partial charge in [0.25, 0.3) is 5.91 Å². The molecule has 2 aromatic carbocycles. The molecule has 126 valence electrons. The Labute approximate surface area is 149 Å². The molecule has 0 atom stereocenters. The van der Waals surface area contributed by atoms with Crippen LogP contribution in [0.1, 0.15) is 11.1 Å². The molecule has 2 aliphatic heterocycles. The van der Waals surface area contributed by atoms with Crippen LogP contribution in [0.4, 0.5) is 5.69 Å². The van der Waals surface area contributed by atoms with E-state index in [9.17, 15) is 4.79 Å². The number of amidine groups is 1. The molecule has 0 aliphatic carbocycles. The van der Waals surface area contributed by atoms with E-state index in [1.54, 1.807) is 7.11 Å². The Morgan fingerprint density at radius 3 is 3.04 bits per heavy atom. The molecular formula is C19H16N2O3S. The van der Waals surface area contributed by atoms with E-state index < -0.39 is 0 Å². The second kappa shape index (κ2) is 6.64. The maximum atomic E-state index is 12.2. The van der Waals surface area contributed by atoms with Crippen LogP contribution in [-0.2, 0) is 11.2 Å². The van der Waals surface area contributed by atoms with Gasteiger partial charge in [0.2, 0.25) is 0 Å². The lowest BCUT2D eigenvalue weighted by Gasteiger charge is -2.09. The van der Waals surface area contributed by atoms with Gasteiger partial charge in [-0.1, -0.05) is 18.2 Å². The van der Waals surface area contributed by atoms with Crippen molar-refractivity contribution in [1.82, 2.24) is 0 Å². The second-order valence-corrected chi connectivity index (χ2v) is 6.65. The van der Waals surface area contributed by atoms with Crippen LogP contribution < -0.4 is 14.8 Å². The highest BCUT2D eigenvalue weighted by Gasteiger charge is 2.23. The van der Waals surface area contributed by atoms with Gasteiger partial charge in [-0.15, -0.1) is 0 Å². The summed E-state index contributed by atoms with van der Waals surface area (Å²) in [5.74, 6) is 1.40. The van der Waals surface area contributed by atoms with Crippen LogP contribution in [0.2, 0.25) is 0 Å². The Kier molecular flexibility index (Phi) is 4.19. The van der Waals surface area contributed by atoms with Crippen LogP contribution in [0, 0.1) is 0 Å². The third-order valence-electron chi connectivity index (χ3n) is 3.98. The van der Waals surface area contributed by atoms with Crippen LogP contribution in [0.15, 0.2) is 52.4 Å². The molecule has 1 N–H and O–H groups in total. The van der Waals surface area contributed by atoms with Gasteiger partial charge in [-0.2, -0.15) is 4.99 Å². The minimum Gasteiger partial charge on any atom is -0.495 e. The van der Waals surface area contributed by atoms with E-state index in [1.807, 2.05) is 42.5 Å². The average Bonchev–Trinajstić information content (AvgIpc) is 3.22. The lowest BCUT2D eigenvalue weighted by Crippen LogP contribution is -2.06. The van der Waals surface area contributed by atoms with Crippen LogP contribution in [0.25, 0.3) is 6.08 Å². The van der Waals surface area contributed by atoms with Gasteiger partial charge in [-0.05, 0) is 53.2 Å². The summed E-state index contributed by atoms with van der Waals surface area (Å²) in [5.41, 5.74) is 2.94. The predicted molar refractivity (Wildman–Crippen MR) is 100 cm³/mol. The summed E-state index contributed by atoms with van der Waals surface area (Å²) in [6.07, 6.45) is 2.77. The number of benzene rings is 2. The highest BCUT2D eigenvalue weighted by Crippen LogP contribution is 2.33. The molecule has 6 heteroatoms. The number of hydrogen-bond donors (Lipinski definition) is 1. The number of anilines is 1. The SMILES string of the molecule is COc1ccccc1NC1=NC(=O)/C(=C/c2ccc3c(c2)CCO3)S1. The van der Waals surface area contributed by atoms with E-state index in [0.29, 0.717) is 15.8 Å². The normalized spacial score (nSPS) is 17.2. The Bertz CT molecular complexity index is 905. The molecular weight excluding hydrogens is 336 g/mol. The molecule has 0 unspecified atom stereocenters. The molecule has 2 heterocycles. The molecule has 2 aliphatic rings. The number of carbonyl (C=O) groups excluding carboxylic acids is 1. The first-order valence-electron chi connectivity index (χ1n) is 7.91. The fourth-order valence-corrected chi connectivity index (χ4v) is 3.60. The molecule has 5 nitrogen and oxygen atoms in total. The van der Waals surface area contributed by atoms with Crippen molar-refractivity contribution in [2.45, 2.75) is 6.42 Å². The number of ether oxygens (including phenoxy) is 2. The molecule has 2 aromatic rings. The van der Waals surface area contributed by atoms with Crippen molar-refractivity contribution in [3.05, 3.63) is 58.5 Å². The number of thioether (sulfide) groups is 1. The van der Waals surface area contributed by atoms with Gasteiger partial charge >= 0.3 is 0 Å². The second-order valence-electron chi connectivity index (χ2n) is 5.62. The molecule has 0 spiro atoms. The Balaban J connectivity index is 1.52. The van der Waals surface area contributed by atoms with Crippen molar-refractivity contribution >= 4 is 34.6 Å². The van der Waals surface area contributed by atoms with E-state index in [4.69, 9.17) is 9.47 Å². The summed E-state index contributed by atoms with van der Waals surface area (Å²) in [4.78, 5) is 16.9. The number of carbonyl (C=O) groups is 1. The third kappa shape index (κ3) is 3.25. The highest BCUT2D eigenvalue weighted by molar-refractivity contribution is 8.18. The number of amides is 1. The molecule has 1 amide bonds. The zero-order valence-electron chi connectivity index (χ0n) is 13.6. The molecule has 4 rings (SSSR count). The molecule has 0 aromatic heterocycles. The predicted octanol–water partition coefficient (Wildman–Crippen LogP) is 3.71. The van der Waals surface area contributed by atoms with E-state index >= 15 is 0 Å². The van der Waals surface area contributed by atoms with Crippen molar-refractivity contribution in [2.75, 3.05) is 19.0 Å². The van der Waals surface area contributed by atoms with E-state index in [1.165, 1.54) is 17.3 Å². The molecule has 0 bridgehead atoms. The quantitative estimate of drug-likeness (QED) is 0.853. The van der Waals surface area contributed by atoms with E-state index in [0.717, 1.165) is 30.0 Å². The summed E-state index contributed by atoms with van der Waals surface area (Å²) >= 11 is 1.32. The number of aliphatic imine (C=N–C) groups is 1. The van der Waals surface area contributed by atoms with Gasteiger partial charge in [-0.3, -0.25) is 4.79 Å². The van der Waals surface area contributed by atoms with Crippen molar-refractivity contribution in [2.24, 2.45) is 4.99 Å². The van der Waals surface area contributed by atoms with Crippen LogP contribution in [0.5, 0.6) is 11.5 Å². The number of rotatable bonds is 3. The third-order valence-corrected chi connectivity index (χ3v) is 4.88. The first kappa shape index (κ1) is 15.8. The molecule has 25 heavy (non-hydrogen) atoms. The van der Waals surface area contributed by atoms with E-state index in [2.05, 4.69) is 16.4 Å².